The maximum atomic E-state index is 5.21. The van der Waals surface area contributed by atoms with Crippen LogP contribution in [0.2, 0.25) is 0 Å². The van der Waals surface area contributed by atoms with Crippen molar-refractivity contribution < 1.29 is 9.47 Å². The van der Waals surface area contributed by atoms with Crippen molar-refractivity contribution in [2.24, 2.45) is 0 Å². The Morgan fingerprint density at radius 2 is 1.94 bits per heavy atom. The van der Waals surface area contributed by atoms with Gasteiger partial charge in [0.1, 0.15) is 0 Å². The molecule has 0 spiro atoms. The molecule has 1 aromatic carbocycles. The fraction of sp³-hybridized carbons (Fsp3) is 0.182. The number of tetrazole rings is 1. The topological polar surface area (TPSA) is 72.9 Å². The molecule has 6 nitrogen and oxygen atoms in total. The molecule has 0 fully saturated rings. The van der Waals surface area contributed by atoms with Crippen molar-refractivity contribution in [2.75, 3.05) is 14.2 Å². The highest BCUT2D eigenvalue weighted by Crippen LogP contribution is 2.28. The van der Waals surface area contributed by atoms with Crippen LogP contribution in [-0.2, 0) is 0 Å². The lowest BCUT2D eigenvalue weighted by Gasteiger charge is -2.07. The van der Waals surface area contributed by atoms with E-state index in [1.807, 2.05) is 24.3 Å². The van der Waals surface area contributed by atoms with Gasteiger partial charge < -0.3 is 9.47 Å². The summed E-state index contributed by atoms with van der Waals surface area (Å²) in [5, 5.41) is 13.3. The van der Waals surface area contributed by atoms with Crippen molar-refractivity contribution in [1.29, 1.82) is 0 Å². The summed E-state index contributed by atoms with van der Waals surface area (Å²) >= 11 is 0. The molecule has 2 aromatic rings. The van der Waals surface area contributed by atoms with E-state index >= 15 is 0 Å². The molecule has 0 amide bonds. The van der Waals surface area contributed by atoms with E-state index in [-0.39, 0.29) is 0 Å². The molecule has 1 N–H and O–H groups in total. The number of benzene rings is 1. The van der Waals surface area contributed by atoms with Crippen molar-refractivity contribution in [1.82, 2.24) is 20.6 Å². The Balaban J connectivity index is 2.22. The van der Waals surface area contributed by atoms with Crippen LogP contribution in [0.1, 0.15) is 11.4 Å². The van der Waals surface area contributed by atoms with E-state index in [4.69, 9.17) is 9.47 Å². The Labute approximate surface area is 98.3 Å². The molecule has 6 heteroatoms. The number of hydrogen-bond acceptors (Lipinski definition) is 5. The van der Waals surface area contributed by atoms with Gasteiger partial charge >= 0.3 is 0 Å². The van der Waals surface area contributed by atoms with Crippen LogP contribution < -0.4 is 9.47 Å². The maximum Gasteiger partial charge on any atom is 0.172 e. The summed E-state index contributed by atoms with van der Waals surface area (Å²) in [6, 6.07) is 5.64. The second-order valence-corrected chi connectivity index (χ2v) is 3.23. The maximum absolute atomic E-state index is 5.21. The minimum Gasteiger partial charge on any atom is -0.493 e. The number of rotatable bonds is 4. The van der Waals surface area contributed by atoms with Crippen LogP contribution in [0.4, 0.5) is 0 Å². The van der Waals surface area contributed by atoms with Gasteiger partial charge in [0, 0.05) is 0 Å². The highest BCUT2D eigenvalue weighted by molar-refractivity contribution is 5.68. The van der Waals surface area contributed by atoms with Gasteiger partial charge in [0.25, 0.3) is 0 Å². The molecule has 2 rings (SSSR count). The zero-order chi connectivity index (χ0) is 12.1. The fourth-order valence-electron chi connectivity index (χ4n) is 1.37. The smallest absolute Gasteiger partial charge is 0.172 e. The molecule has 17 heavy (non-hydrogen) atoms. The molecule has 0 saturated carbocycles. The second kappa shape index (κ2) is 5.11. The average Bonchev–Trinajstić information content (AvgIpc) is 2.89. The first-order valence-corrected chi connectivity index (χ1v) is 4.97. The SMILES string of the molecule is COc1ccc(C=Cc2nnn[nH]2)cc1OC. The molecule has 0 aliphatic heterocycles. The zero-order valence-electron chi connectivity index (χ0n) is 9.54. The molecule has 0 bridgehead atoms. The second-order valence-electron chi connectivity index (χ2n) is 3.23. The van der Waals surface area contributed by atoms with E-state index in [2.05, 4.69) is 20.6 Å². The van der Waals surface area contributed by atoms with Gasteiger partial charge in [-0.05, 0) is 34.2 Å². The van der Waals surface area contributed by atoms with E-state index in [1.54, 1.807) is 20.3 Å². The largest absolute Gasteiger partial charge is 0.493 e. The Bertz CT molecular complexity index is 508. The summed E-state index contributed by atoms with van der Waals surface area (Å²) < 4.78 is 10.4. The Morgan fingerprint density at radius 1 is 1.12 bits per heavy atom. The van der Waals surface area contributed by atoms with Crippen molar-refractivity contribution in [3.05, 3.63) is 29.6 Å². The van der Waals surface area contributed by atoms with E-state index in [0.717, 1.165) is 5.56 Å². The quantitative estimate of drug-likeness (QED) is 0.862. The first-order chi connectivity index (χ1) is 8.33. The number of H-pyrrole nitrogens is 1. The van der Waals surface area contributed by atoms with Gasteiger partial charge in [0.2, 0.25) is 0 Å². The fourth-order valence-corrected chi connectivity index (χ4v) is 1.37. The van der Waals surface area contributed by atoms with Crippen molar-refractivity contribution >= 4 is 12.2 Å². The Hall–Kier alpha value is -2.37. The number of aromatic amines is 1. The summed E-state index contributed by atoms with van der Waals surface area (Å²) in [6.07, 6.45) is 3.66. The van der Waals surface area contributed by atoms with Crippen LogP contribution >= 0.6 is 0 Å². The van der Waals surface area contributed by atoms with E-state index in [9.17, 15) is 0 Å². The number of nitrogens with one attached hydrogen (secondary N) is 1. The van der Waals surface area contributed by atoms with Gasteiger partial charge in [-0.3, -0.25) is 0 Å². The third kappa shape index (κ3) is 2.60. The minimum atomic E-state index is 0.597. The number of hydrogen-bond donors (Lipinski definition) is 1. The molecule has 0 unspecified atom stereocenters. The standard InChI is InChI=1S/C11H12N4O2/c1-16-9-5-3-8(7-10(9)17-2)4-6-11-12-14-15-13-11/h3-7H,1-2H3,(H,12,13,14,15). The van der Waals surface area contributed by atoms with Crippen LogP contribution in [0, 0.1) is 0 Å². The van der Waals surface area contributed by atoms with Crippen molar-refractivity contribution in [3.63, 3.8) is 0 Å². The highest BCUT2D eigenvalue weighted by Gasteiger charge is 2.02. The van der Waals surface area contributed by atoms with Crippen LogP contribution in [0.5, 0.6) is 11.5 Å². The van der Waals surface area contributed by atoms with E-state index in [1.165, 1.54) is 0 Å². The molecule has 1 aromatic heterocycles. The zero-order valence-corrected chi connectivity index (χ0v) is 9.54. The average molecular weight is 232 g/mol. The summed E-state index contributed by atoms with van der Waals surface area (Å²) in [6.45, 7) is 0. The predicted octanol–water partition coefficient (Wildman–Crippen LogP) is 1.39. The highest BCUT2D eigenvalue weighted by atomic mass is 16.5. The molecule has 0 saturated heterocycles. The van der Waals surface area contributed by atoms with Gasteiger partial charge in [-0.15, -0.1) is 5.10 Å². The van der Waals surface area contributed by atoms with Gasteiger partial charge in [-0.25, -0.2) is 5.10 Å². The third-order valence-corrected chi connectivity index (χ3v) is 2.20. The lowest BCUT2D eigenvalue weighted by atomic mass is 10.2. The van der Waals surface area contributed by atoms with Gasteiger partial charge in [-0.2, -0.15) is 0 Å². The first-order valence-electron chi connectivity index (χ1n) is 4.97. The number of aromatic nitrogens is 4. The van der Waals surface area contributed by atoms with Crippen LogP contribution in [0.25, 0.3) is 12.2 Å². The molecule has 0 atom stereocenters. The minimum absolute atomic E-state index is 0.597. The van der Waals surface area contributed by atoms with Gasteiger partial charge in [0.15, 0.2) is 17.3 Å². The summed E-state index contributed by atoms with van der Waals surface area (Å²) in [5.41, 5.74) is 0.971. The first kappa shape index (κ1) is 11.1. The third-order valence-electron chi connectivity index (χ3n) is 2.20. The molecule has 0 radical (unpaired) electrons. The summed E-state index contributed by atoms with van der Waals surface area (Å²) in [7, 11) is 3.21. The lowest BCUT2D eigenvalue weighted by molar-refractivity contribution is 0.355. The van der Waals surface area contributed by atoms with E-state index in [0.29, 0.717) is 17.3 Å². The van der Waals surface area contributed by atoms with E-state index < -0.39 is 0 Å². The van der Waals surface area contributed by atoms with Gasteiger partial charge in [-0.1, -0.05) is 12.1 Å². The lowest BCUT2D eigenvalue weighted by Crippen LogP contribution is -1.90. The molecule has 0 aliphatic rings. The molecule has 88 valence electrons. The molecular formula is C11H12N4O2. The van der Waals surface area contributed by atoms with Crippen molar-refractivity contribution in [2.45, 2.75) is 0 Å². The number of nitrogens with zero attached hydrogens (tertiary/aromatic N) is 3. The summed E-state index contributed by atoms with van der Waals surface area (Å²) in [4.78, 5) is 0. The molecular weight excluding hydrogens is 220 g/mol. The molecule has 1 heterocycles. The Morgan fingerprint density at radius 3 is 2.59 bits per heavy atom. The van der Waals surface area contributed by atoms with Crippen LogP contribution in [-0.4, -0.2) is 34.8 Å². The predicted molar refractivity (Wildman–Crippen MR) is 62.7 cm³/mol. The number of methoxy groups -OCH3 is 2. The monoisotopic (exact) mass is 232 g/mol. The van der Waals surface area contributed by atoms with Gasteiger partial charge in [0.05, 0.1) is 14.2 Å². The Kier molecular flexibility index (Phi) is 3.34. The van der Waals surface area contributed by atoms with Crippen LogP contribution in [0.15, 0.2) is 18.2 Å². The molecule has 0 aliphatic carbocycles. The summed E-state index contributed by atoms with van der Waals surface area (Å²) in [5.74, 6) is 1.98. The van der Waals surface area contributed by atoms with Crippen LogP contribution in [0.3, 0.4) is 0 Å². The number of ether oxygens (including phenoxy) is 2. The van der Waals surface area contributed by atoms with Crippen molar-refractivity contribution in [3.8, 4) is 11.5 Å². The normalized spacial score (nSPS) is 10.7.